The van der Waals surface area contributed by atoms with Crippen molar-refractivity contribution in [1.82, 2.24) is 0 Å². The first-order valence-electron chi connectivity index (χ1n) is 4.63. The number of nitrogens with zero attached hydrogens (tertiary/aromatic N) is 2. The van der Waals surface area contributed by atoms with Gasteiger partial charge in [0, 0.05) is 16.7 Å². The van der Waals surface area contributed by atoms with E-state index in [4.69, 9.17) is 10.5 Å². The number of fused-ring (bicyclic) bond motifs is 1. The highest BCUT2D eigenvalue weighted by Crippen LogP contribution is 2.38. The minimum Gasteiger partial charge on any atom is -0.290 e. The van der Waals surface area contributed by atoms with Crippen LogP contribution in [0.25, 0.3) is 5.57 Å². The number of carbonyl (C=O) groups excluding carboxylic acids is 1. The van der Waals surface area contributed by atoms with Gasteiger partial charge < -0.3 is 0 Å². The van der Waals surface area contributed by atoms with E-state index in [1.807, 2.05) is 0 Å². The average Bonchev–Trinajstić information content (AvgIpc) is 2.58. The molecule has 0 aliphatic heterocycles. The minimum atomic E-state index is -2.14. The Bertz CT molecular complexity index is 619. The third-order valence-corrected chi connectivity index (χ3v) is 2.52. The number of Topliss-reactive ketones (excluding diaryl/α,β-unsaturated/α-hetero) is 1. The molecule has 0 aromatic heterocycles. The molecule has 1 aromatic rings. The molecule has 2 rings (SSSR count). The molecule has 5 heteroatoms. The molecule has 0 fully saturated rings. The minimum absolute atomic E-state index is 0.129. The summed E-state index contributed by atoms with van der Waals surface area (Å²) in [5.74, 6) is -1.73. The molecule has 0 amide bonds. The normalized spacial score (nSPS) is 17.3. The van der Waals surface area contributed by atoms with Gasteiger partial charge in [-0.3, -0.25) is 4.79 Å². The fourth-order valence-electron chi connectivity index (χ4n) is 1.79. The third kappa shape index (κ3) is 1.41. The highest BCUT2D eigenvalue weighted by atomic mass is 19.1. The number of ketones is 1. The molecular weight excluding hydrogens is 226 g/mol. The van der Waals surface area contributed by atoms with Crippen molar-refractivity contribution in [3.8, 4) is 12.1 Å². The van der Waals surface area contributed by atoms with E-state index in [2.05, 4.69) is 0 Å². The van der Waals surface area contributed by atoms with Crippen LogP contribution >= 0.6 is 0 Å². The van der Waals surface area contributed by atoms with Crippen molar-refractivity contribution in [2.75, 3.05) is 0 Å². The number of nitriles is 2. The first-order chi connectivity index (χ1) is 8.11. The maximum atomic E-state index is 13.7. The smallest absolute Gasteiger partial charge is 0.202 e. The van der Waals surface area contributed by atoms with Crippen LogP contribution in [0.2, 0.25) is 0 Å². The van der Waals surface area contributed by atoms with E-state index in [0.717, 1.165) is 6.07 Å². The first-order valence-corrected chi connectivity index (χ1v) is 4.63. The quantitative estimate of drug-likeness (QED) is 0.641. The van der Waals surface area contributed by atoms with Gasteiger partial charge in [0.2, 0.25) is 5.78 Å². The highest BCUT2D eigenvalue weighted by Gasteiger charge is 2.39. The lowest BCUT2D eigenvalue weighted by atomic mass is 10.0. The molecule has 0 bridgehead atoms. The van der Waals surface area contributed by atoms with E-state index in [0.29, 0.717) is 0 Å². The van der Waals surface area contributed by atoms with Gasteiger partial charge in [0.1, 0.15) is 23.5 Å². The predicted octanol–water partition coefficient (Wildman–Crippen LogP) is 2.16. The van der Waals surface area contributed by atoms with Crippen molar-refractivity contribution in [3.05, 3.63) is 40.7 Å². The van der Waals surface area contributed by atoms with Crippen LogP contribution in [0.3, 0.4) is 0 Å². The van der Waals surface area contributed by atoms with Gasteiger partial charge in [-0.1, -0.05) is 12.1 Å². The average molecular weight is 230 g/mol. The van der Waals surface area contributed by atoms with Gasteiger partial charge in [-0.05, 0) is 6.07 Å². The Morgan fingerprint density at radius 3 is 2.53 bits per heavy atom. The zero-order valence-electron chi connectivity index (χ0n) is 8.37. The summed E-state index contributed by atoms with van der Waals surface area (Å²) >= 11 is 0. The van der Waals surface area contributed by atoms with Crippen molar-refractivity contribution in [2.45, 2.75) is 6.17 Å². The molecule has 1 atom stereocenters. The van der Waals surface area contributed by atoms with E-state index in [-0.39, 0.29) is 11.1 Å². The fraction of sp³-hybridized carbons (Fsp3) is 0.0833. The number of hydrogen-bond acceptors (Lipinski definition) is 3. The molecule has 17 heavy (non-hydrogen) atoms. The number of hydrogen-bond donors (Lipinski definition) is 0. The van der Waals surface area contributed by atoms with Crippen LogP contribution in [0.5, 0.6) is 0 Å². The molecule has 1 aromatic carbocycles. The number of rotatable bonds is 0. The Morgan fingerprint density at radius 1 is 1.29 bits per heavy atom. The molecule has 1 aliphatic rings. The second-order valence-electron chi connectivity index (χ2n) is 3.40. The SMILES string of the molecule is N#CC(C#N)=C1c2c(F)cccc2C(=O)C1F. The molecule has 0 N–H and O–H groups in total. The van der Waals surface area contributed by atoms with Crippen LogP contribution in [0.1, 0.15) is 15.9 Å². The van der Waals surface area contributed by atoms with Gasteiger partial charge >= 0.3 is 0 Å². The van der Waals surface area contributed by atoms with E-state index in [1.165, 1.54) is 24.3 Å². The Morgan fingerprint density at radius 2 is 1.94 bits per heavy atom. The summed E-state index contributed by atoms with van der Waals surface area (Å²) in [4.78, 5) is 11.5. The molecular formula is C12H4F2N2O. The number of alkyl halides is 1. The number of carbonyl (C=O) groups is 1. The summed E-state index contributed by atoms with van der Waals surface area (Å²) < 4.78 is 27.3. The second-order valence-corrected chi connectivity index (χ2v) is 3.40. The molecule has 1 aliphatic carbocycles. The molecule has 1 unspecified atom stereocenters. The molecule has 0 radical (unpaired) electrons. The van der Waals surface area contributed by atoms with Crippen LogP contribution in [-0.2, 0) is 0 Å². The van der Waals surface area contributed by atoms with Crippen LogP contribution in [0.15, 0.2) is 23.8 Å². The fourth-order valence-corrected chi connectivity index (χ4v) is 1.79. The summed E-state index contributed by atoms with van der Waals surface area (Å²) in [5.41, 5.74) is -1.44. The molecule has 0 saturated carbocycles. The predicted molar refractivity (Wildman–Crippen MR) is 53.8 cm³/mol. The van der Waals surface area contributed by atoms with Gasteiger partial charge in [-0.25, -0.2) is 8.78 Å². The van der Waals surface area contributed by atoms with Crippen molar-refractivity contribution in [1.29, 1.82) is 10.5 Å². The van der Waals surface area contributed by atoms with Crippen molar-refractivity contribution >= 4 is 11.4 Å². The molecule has 82 valence electrons. The topological polar surface area (TPSA) is 64.7 Å². The lowest BCUT2D eigenvalue weighted by Crippen LogP contribution is -2.09. The van der Waals surface area contributed by atoms with Gasteiger partial charge in [0.15, 0.2) is 6.17 Å². The lowest BCUT2D eigenvalue weighted by Gasteiger charge is -2.02. The number of allylic oxidation sites excluding steroid dienone is 2. The summed E-state index contributed by atoms with van der Waals surface area (Å²) in [6.45, 7) is 0. The van der Waals surface area contributed by atoms with Crippen LogP contribution < -0.4 is 0 Å². The molecule has 0 heterocycles. The monoisotopic (exact) mass is 230 g/mol. The second kappa shape index (κ2) is 3.80. The summed E-state index contributed by atoms with van der Waals surface area (Å²) in [6.07, 6.45) is -2.14. The molecule has 0 saturated heterocycles. The zero-order chi connectivity index (χ0) is 12.6. The Kier molecular flexibility index (Phi) is 2.45. The van der Waals surface area contributed by atoms with Crippen molar-refractivity contribution < 1.29 is 13.6 Å². The summed E-state index contributed by atoms with van der Waals surface area (Å²) in [5, 5.41) is 17.4. The maximum Gasteiger partial charge on any atom is 0.202 e. The Hall–Kier alpha value is -2.53. The van der Waals surface area contributed by atoms with Gasteiger partial charge in [-0.15, -0.1) is 0 Å². The van der Waals surface area contributed by atoms with Crippen LogP contribution in [0.4, 0.5) is 8.78 Å². The summed E-state index contributed by atoms with van der Waals surface area (Å²) in [7, 11) is 0. The van der Waals surface area contributed by atoms with Gasteiger partial charge in [-0.2, -0.15) is 10.5 Å². The highest BCUT2D eigenvalue weighted by molar-refractivity contribution is 6.17. The van der Waals surface area contributed by atoms with E-state index >= 15 is 0 Å². The largest absolute Gasteiger partial charge is 0.290 e. The van der Waals surface area contributed by atoms with Crippen molar-refractivity contribution in [3.63, 3.8) is 0 Å². The van der Waals surface area contributed by atoms with Crippen LogP contribution in [0, 0.1) is 28.5 Å². The van der Waals surface area contributed by atoms with Crippen molar-refractivity contribution in [2.24, 2.45) is 0 Å². The standard InChI is InChI=1S/C12H4F2N2O/c13-8-3-1-2-7-10(8)9(6(4-15)5-16)11(14)12(7)17/h1-3,11H. The Labute approximate surface area is 95.2 Å². The van der Waals surface area contributed by atoms with E-state index < -0.39 is 28.9 Å². The number of halogens is 2. The molecule has 3 nitrogen and oxygen atoms in total. The van der Waals surface area contributed by atoms with E-state index in [1.54, 1.807) is 0 Å². The summed E-state index contributed by atoms with van der Waals surface area (Å²) in [6, 6.07) is 6.55. The third-order valence-electron chi connectivity index (χ3n) is 2.52. The Balaban J connectivity index is 2.86. The first kappa shape index (κ1) is 11.0. The molecule has 0 spiro atoms. The van der Waals surface area contributed by atoms with Crippen LogP contribution in [-0.4, -0.2) is 12.0 Å². The van der Waals surface area contributed by atoms with Gasteiger partial charge in [0.25, 0.3) is 0 Å². The van der Waals surface area contributed by atoms with Gasteiger partial charge in [0.05, 0.1) is 0 Å². The number of benzene rings is 1. The zero-order valence-corrected chi connectivity index (χ0v) is 8.37. The van der Waals surface area contributed by atoms with E-state index in [9.17, 15) is 13.6 Å². The lowest BCUT2D eigenvalue weighted by molar-refractivity contribution is 0.0930. The maximum absolute atomic E-state index is 13.7.